The van der Waals surface area contributed by atoms with E-state index in [1.165, 1.54) is 7.11 Å². The molecule has 1 fully saturated rings. The Labute approximate surface area is 111 Å². The van der Waals surface area contributed by atoms with Crippen molar-refractivity contribution in [1.82, 2.24) is 9.78 Å². The SMILES string of the molecule is COC(=O)c1nn(C2CC2)c(N)c1-c1ccccc1. The van der Waals surface area contributed by atoms with Gasteiger partial charge in [0.1, 0.15) is 5.82 Å². The highest BCUT2D eigenvalue weighted by molar-refractivity contribution is 5.98. The molecule has 0 atom stereocenters. The molecule has 98 valence electrons. The monoisotopic (exact) mass is 257 g/mol. The Hall–Kier alpha value is -2.30. The number of ether oxygens (including phenoxy) is 1. The van der Waals surface area contributed by atoms with Crippen molar-refractivity contribution < 1.29 is 9.53 Å². The lowest BCUT2D eigenvalue weighted by Gasteiger charge is -2.03. The van der Waals surface area contributed by atoms with E-state index in [2.05, 4.69) is 5.10 Å². The summed E-state index contributed by atoms with van der Waals surface area (Å²) >= 11 is 0. The molecular formula is C14H15N3O2. The van der Waals surface area contributed by atoms with Crippen molar-refractivity contribution in [3.05, 3.63) is 36.0 Å². The lowest BCUT2D eigenvalue weighted by Crippen LogP contribution is -2.05. The Bertz CT molecular complexity index is 615. The van der Waals surface area contributed by atoms with Gasteiger partial charge in [-0.1, -0.05) is 30.3 Å². The molecule has 0 spiro atoms. The van der Waals surface area contributed by atoms with E-state index in [0.717, 1.165) is 18.4 Å². The minimum absolute atomic E-state index is 0.290. The number of nitrogens with zero attached hydrogens (tertiary/aromatic N) is 2. The van der Waals surface area contributed by atoms with E-state index in [-0.39, 0.29) is 5.69 Å². The molecule has 0 unspecified atom stereocenters. The van der Waals surface area contributed by atoms with Gasteiger partial charge in [0.25, 0.3) is 0 Å². The van der Waals surface area contributed by atoms with Crippen molar-refractivity contribution in [2.45, 2.75) is 18.9 Å². The van der Waals surface area contributed by atoms with Gasteiger partial charge in [0.05, 0.1) is 18.7 Å². The number of nitrogens with two attached hydrogens (primary N) is 1. The fourth-order valence-electron chi connectivity index (χ4n) is 2.17. The van der Waals surface area contributed by atoms with Gasteiger partial charge < -0.3 is 10.5 Å². The van der Waals surface area contributed by atoms with Gasteiger partial charge in [-0.3, -0.25) is 0 Å². The van der Waals surface area contributed by atoms with E-state index in [9.17, 15) is 4.79 Å². The molecule has 5 heteroatoms. The number of aromatic nitrogens is 2. The van der Waals surface area contributed by atoms with Crippen LogP contribution in [0.4, 0.5) is 5.82 Å². The summed E-state index contributed by atoms with van der Waals surface area (Å²) in [7, 11) is 1.35. The van der Waals surface area contributed by atoms with E-state index in [1.807, 2.05) is 30.3 Å². The van der Waals surface area contributed by atoms with Crippen LogP contribution in [0.15, 0.2) is 30.3 Å². The minimum atomic E-state index is -0.454. The summed E-state index contributed by atoms with van der Waals surface area (Å²) in [5, 5.41) is 4.34. The summed E-state index contributed by atoms with van der Waals surface area (Å²) in [6.45, 7) is 0. The van der Waals surface area contributed by atoms with Gasteiger partial charge >= 0.3 is 5.97 Å². The lowest BCUT2D eigenvalue weighted by molar-refractivity contribution is 0.0594. The Morgan fingerprint density at radius 3 is 2.63 bits per heavy atom. The van der Waals surface area contributed by atoms with Crippen LogP contribution in [-0.4, -0.2) is 22.9 Å². The van der Waals surface area contributed by atoms with Crippen LogP contribution in [0, 0.1) is 0 Å². The lowest BCUT2D eigenvalue weighted by atomic mass is 10.1. The standard InChI is InChI=1S/C14H15N3O2/c1-19-14(18)12-11(9-5-3-2-4-6-9)13(15)17(16-12)10-7-8-10/h2-6,10H,7-8,15H2,1H3. The molecule has 1 aromatic carbocycles. The van der Waals surface area contributed by atoms with Crippen LogP contribution in [0.2, 0.25) is 0 Å². The first-order chi connectivity index (χ1) is 9.22. The predicted octanol–water partition coefficient (Wildman–Crippen LogP) is 2.25. The zero-order chi connectivity index (χ0) is 13.4. The first-order valence-electron chi connectivity index (χ1n) is 6.24. The number of hydrogen-bond donors (Lipinski definition) is 1. The Kier molecular flexibility index (Phi) is 2.74. The van der Waals surface area contributed by atoms with Gasteiger partial charge in [-0.05, 0) is 18.4 Å². The number of carbonyl (C=O) groups excluding carboxylic acids is 1. The van der Waals surface area contributed by atoms with Crippen LogP contribution in [0.5, 0.6) is 0 Å². The number of benzene rings is 1. The van der Waals surface area contributed by atoms with Crippen molar-refractivity contribution >= 4 is 11.8 Å². The van der Waals surface area contributed by atoms with Crippen LogP contribution in [-0.2, 0) is 4.74 Å². The van der Waals surface area contributed by atoms with Gasteiger partial charge in [-0.25, -0.2) is 9.48 Å². The van der Waals surface area contributed by atoms with Crippen LogP contribution in [0.3, 0.4) is 0 Å². The molecule has 19 heavy (non-hydrogen) atoms. The van der Waals surface area contributed by atoms with Gasteiger partial charge in [0.2, 0.25) is 0 Å². The summed E-state index contributed by atoms with van der Waals surface area (Å²) < 4.78 is 6.54. The number of nitrogen functional groups attached to an aromatic ring is 1. The molecule has 0 saturated heterocycles. The normalized spacial score (nSPS) is 14.4. The van der Waals surface area contributed by atoms with Crippen molar-refractivity contribution in [3.63, 3.8) is 0 Å². The highest BCUT2D eigenvalue weighted by Gasteiger charge is 2.31. The molecule has 0 radical (unpaired) electrons. The number of anilines is 1. The average molecular weight is 257 g/mol. The predicted molar refractivity (Wildman–Crippen MR) is 71.7 cm³/mol. The molecule has 1 aliphatic carbocycles. The quantitative estimate of drug-likeness (QED) is 0.856. The topological polar surface area (TPSA) is 70.1 Å². The number of hydrogen-bond acceptors (Lipinski definition) is 4. The molecule has 1 saturated carbocycles. The molecule has 5 nitrogen and oxygen atoms in total. The van der Waals surface area contributed by atoms with Crippen molar-refractivity contribution in [3.8, 4) is 11.1 Å². The molecule has 2 N–H and O–H groups in total. The van der Waals surface area contributed by atoms with Crippen LogP contribution in [0.25, 0.3) is 11.1 Å². The maximum atomic E-state index is 11.9. The zero-order valence-electron chi connectivity index (χ0n) is 10.7. The Morgan fingerprint density at radius 2 is 2.05 bits per heavy atom. The fraction of sp³-hybridized carbons (Fsp3) is 0.286. The number of carbonyl (C=O) groups is 1. The first kappa shape index (κ1) is 11.8. The fourth-order valence-corrected chi connectivity index (χ4v) is 2.17. The molecule has 2 aromatic rings. The summed E-state index contributed by atoms with van der Waals surface area (Å²) in [6, 6.07) is 9.88. The first-order valence-corrected chi connectivity index (χ1v) is 6.24. The third-order valence-corrected chi connectivity index (χ3v) is 3.28. The van der Waals surface area contributed by atoms with Crippen molar-refractivity contribution in [1.29, 1.82) is 0 Å². The summed E-state index contributed by atoms with van der Waals surface area (Å²) in [5.41, 5.74) is 8.00. The van der Waals surface area contributed by atoms with Crippen molar-refractivity contribution in [2.75, 3.05) is 12.8 Å². The smallest absolute Gasteiger partial charge is 0.359 e. The number of rotatable bonds is 3. The maximum absolute atomic E-state index is 11.9. The number of esters is 1. The molecule has 1 heterocycles. The summed E-state index contributed by atoms with van der Waals surface area (Å²) in [5.74, 6) is 0.0825. The van der Waals surface area contributed by atoms with Gasteiger partial charge in [-0.15, -0.1) is 0 Å². The van der Waals surface area contributed by atoms with Gasteiger partial charge in [-0.2, -0.15) is 5.10 Å². The Balaban J connectivity index is 2.17. The molecule has 0 aliphatic heterocycles. The Morgan fingerprint density at radius 1 is 1.37 bits per heavy atom. The molecule has 0 bridgehead atoms. The van der Waals surface area contributed by atoms with Gasteiger partial charge in [0.15, 0.2) is 5.69 Å². The third kappa shape index (κ3) is 1.97. The van der Waals surface area contributed by atoms with Crippen LogP contribution < -0.4 is 5.73 Å². The van der Waals surface area contributed by atoms with Crippen molar-refractivity contribution in [2.24, 2.45) is 0 Å². The highest BCUT2D eigenvalue weighted by Crippen LogP contribution is 2.40. The van der Waals surface area contributed by atoms with E-state index < -0.39 is 5.97 Å². The van der Waals surface area contributed by atoms with Crippen LogP contribution in [0.1, 0.15) is 29.4 Å². The second-order valence-corrected chi connectivity index (χ2v) is 4.64. The van der Waals surface area contributed by atoms with E-state index in [4.69, 9.17) is 10.5 Å². The van der Waals surface area contributed by atoms with E-state index in [0.29, 0.717) is 17.4 Å². The summed E-state index contributed by atoms with van der Waals surface area (Å²) in [6.07, 6.45) is 2.11. The molecule has 1 aromatic heterocycles. The van der Waals surface area contributed by atoms with E-state index in [1.54, 1.807) is 4.68 Å². The molecular weight excluding hydrogens is 242 g/mol. The number of methoxy groups -OCH3 is 1. The molecule has 3 rings (SSSR count). The second kappa shape index (κ2) is 4.42. The summed E-state index contributed by atoms with van der Waals surface area (Å²) in [4.78, 5) is 11.9. The minimum Gasteiger partial charge on any atom is -0.464 e. The van der Waals surface area contributed by atoms with Gasteiger partial charge in [0, 0.05) is 0 Å². The second-order valence-electron chi connectivity index (χ2n) is 4.64. The highest BCUT2D eigenvalue weighted by atomic mass is 16.5. The third-order valence-electron chi connectivity index (χ3n) is 3.28. The maximum Gasteiger partial charge on any atom is 0.359 e. The largest absolute Gasteiger partial charge is 0.464 e. The zero-order valence-corrected chi connectivity index (χ0v) is 10.7. The van der Waals surface area contributed by atoms with Crippen LogP contribution >= 0.6 is 0 Å². The average Bonchev–Trinajstić information content (AvgIpc) is 3.22. The van der Waals surface area contributed by atoms with E-state index >= 15 is 0 Å². The molecule has 0 amide bonds. The molecule has 1 aliphatic rings.